The quantitative estimate of drug-likeness (QED) is 0.452. The van der Waals surface area contributed by atoms with Crippen molar-refractivity contribution in [1.82, 2.24) is 19.5 Å². The molecule has 3 N–H and O–H groups in total. The Balaban J connectivity index is 1.26. The predicted molar refractivity (Wildman–Crippen MR) is 130 cm³/mol. The number of nitrogen functional groups attached to an aromatic ring is 1. The van der Waals surface area contributed by atoms with E-state index in [4.69, 9.17) is 15.2 Å². The molecule has 1 saturated heterocycles. The molecule has 33 heavy (non-hydrogen) atoms. The molecule has 1 saturated carbocycles. The first-order chi connectivity index (χ1) is 15.9. The molecule has 0 amide bonds. The number of nitrogens with two attached hydrogens (primary N) is 1. The molecule has 4 aromatic rings. The molecule has 0 radical (unpaired) electrons. The highest BCUT2D eigenvalue weighted by Crippen LogP contribution is 2.49. The van der Waals surface area contributed by atoms with Crippen LogP contribution in [-0.4, -0.2) is 44.6 Å². The van der Waals surface area contributed by atoms with Crippen LogP contribution in [0.25, 0.3) is 21.3 Å². The molecule has 0 spiro atoms. The highest BCUT2D eigenvalue weighted by Gasteiger charge is 2.54. The second-order valence-electron chi connectivity index (χ2n) is 9.46. The number of hydrogen-bond acceptors (Lipinski definition) is 8. The summed E-state index contributed by atoms with van der Waals surface area (Å²) in [5, 5.41) is 4.97. The molecule has 3 aromatic heterocycles. The molecule has 2 aliphatic rings. The van der Waals surface area contributed by atoms with Crippen LogP contribution in [0.5, 0.6) is 0 Å². The Labute approximate surface area is 196 Å². The van der Waals surface area contributed by atoms with Gasteiger partial charge in [0.2, 0.25) is 0 Å². The number of nitrogens with one attached hydrogen (secondary N) is 1. The number of ether oxygens (including phenoxy) is 2. The molecule has 6 rings (SSSR count). The highest BCUT2D eigenvalue weighted by molar-refractivity contribution is 7.22. The Bertz CT molecular complexity index is 1330. The van der Waals surface area contributed by atoms with Gasteiger partial charge in [-0.25, -0.2) is 15.0 Å². The second kappa shape index (κ2) is 7.65. The fourth-order valence-corrected chi connectivity index (χ4v) is 6.26. The van der Waals surface area contributed by atoms with Crippen LogP contribution in [0.1, 0.15) is 38.3 Å². The van der Waals surface area contributed by atoms with Gasteiger partial charge in [0.1, 0.15) is 23.9 Å². The maximum atomic E-state index is 6.41. The molecule has 9 heteroatoms. The van der Waals surface area contributed by atoms with E-state index in [1.54, 1.807) is 11.3 Å². The molecule has 0 unspecified atom stereocenters. The maximum Gasteiger partial charge on any atom is 0.183 e. The topological polar surface area (TPSA) is 100 Å². The molecule has 4 atom stereocenters. The molecule has 4 heterocycles. The Morgan fingerprint density at radius 3 is 2.91 bits per heavy atom. The summed E-state index contributed by atoms with van der Waals surface area (Å²) in [7, 11) is 1.91. The summed E-state index contributed by atoms with van der Waals surface area (Å²) in [4.78, 5) is 13.3. The van der Waals surface area contributed by atoms with Crippen LogP contribution < -0.4 is 11.1 Å². The smallest absolute Gasteiger partial charge is 0.183 e. The number of rotatable bonds is 5. The summed E-state index contributed by atoms with van der Waals surface area (Å²) in [6.45, 7) is 4.01. The Morgan fingerprint density at radius 1 is 1.21 bits per heavy atom. The largest absolute Gasteiger partial charge is 0.383 e. The fourth-order valence-electron chi connectivity index (χ4n) is 5.46. The average Bonchev–Trinajstić information content (AvgIpc) is 3.53. The lowest BCUT2D eigenvalue weighted by atomic mass is 9.96. The van der Waals surface area contributed by atoms with Crippen molar-refractivity contribution in [3.05, 3.63) is 42.4 Å². The third-order valence-corrected chi connectivity index (χ3v) is 7.97. The number of anilines is 2. The minimum atomic E-state index is -0.591. The molecule has 1 aliphatic heterocycles. The van der Waals surface area contributed by atoms with E-state index >= 15 is 0 Å². The third-order valence-electron chi connectivity index (χ3n) is 6.92. The van der Waals surface area contributed by atoms with Gasteiger partial charge in [-0.1, -0.05) is 17.4 Å². The standard InChI is InChI=1S/C24H28N6O2S/c1-24(2)31-19-14(6-4-13-5-7-18-16(10-13)29-23(26-3)33-18)11-17(20(19)32-24)30-9-8-15-21(25)27-12-28-22(15)30/h5,7-10,12,14,17,19-20H,4,6,11H2,1-3H3,(H,26,29)(H2,25,27,28)/t14-,17+,19+,20-/m0/s1. The van der Waals surface area contributed by atoms with Crippen molar-refractivity contribution >= 4 is 43.5 Å². The van der Waals surface area contributed by atoms with E-state index in [0.717, 1.165) is 40.9 Å². The van der Waals surface area contributed by atoms with Gasteiger partial charge < -0.3 is 25.1 Å². The molecule has 8 nitrogen and oxygen atoms in total. The van der Waals surface area contributed by atoms with Crippen LogP contribution in [0.3, 0.4) is 0 Å². The summed E-state index contributed by atoms with van der Waals surface area (Å²) in [6, 6.07) is 8.76. The Hall–Kier alpha value is -2.75. The van der Waals surface area contributed by atoms with Gasteiger partial charge in [0.05, 0.1) is 27.7 Å². The van der Waals surface area contributed by atoms with E-state index in [2.05, 4.69) is 49.2 Å². The van der Waals surface area contributed by atoms with E-state index in [9.17, 15) is 0 Å². The van der Waals surface area contributed by atoms with Gasteiger partial charge in [0.25, 0.3) is 0 Å². The summed E-state index contributed by atoms with van der Waals surface area (Å²) in [5.74, 6) is 0.303. The zero-order valence-electron chi connectivity index (χ0n) is 19.0. The lowest BCUT2D eigenvalue weighted by molar-refractivity contribution is -0.160. The first-order valence-corrected chi connectivity index (χ1v) is 12.2. The zero-order chi connectivity index (χ0) is 22.7. The Morgan fingerprint density at radius 2 is 2.06 bits per heavy atom. The van der Waals surface area contributed by atoms with Gasteiger partial charge >= 0.3 is 0 Å². The number of fused-ring (bicyclic) bond motifs is 3. The van der Waals surface area contributed by atoms with Crippen molar-refractivity contribution in [1.29, 1.82) is 0 Å². The molecular weight excluding hydrogens is 436 g/mol. The molecule has 172 valence electrons. The molecule has 2 fully saturated rings. The number of nitrogens with zero attached hydrogens (tertiary/aromatic N) is 4. The second-order valence-corrected chi connectivity index (χ2v) is 10.5. The van der Waals surface area contributed by atoms with Crippen molar-refractivity contribution in [2.75, 3.05) is 18.1 Å². The molecule has 0 bridgehead atoms. The van der Waals surface area contributed by atoms with E-state index in [-0.39, 0.29) is 18.2 Å². The van der Waals surface area contributed by atoms with Crippen LogP contribution in [-0.2, 0) is 15.9 Å². The summed E-state index contributed by atoms with van der Waals surface area (Å²) in [5.41, 5.74) is 9.30. The highest BCUT2D eigenvalue weighted by atomic mass is 32.1. The molecule has 1 aliphatic carbocycles. The predicted octanol–water partition coefficient (Wildman–Crippen LogP) is 4.38. The van der Waals surface area contributed by atoms with Crippen molar-refractivity contribution < 1.29 is 9.47 Å². The van der Waals surface area contributed by atoms with E-state index < -0.39 is 5.79 Å². The van der Waals surface area contributed by atoms with E-state index in [0.29, 0.717) is 11.7 Å². The third kappa shape index (κ3) is 3.55. The lowest BCUT2D eigenvalue weighted by Crippen LogP contribution is -2.27. The molecular formula is C24H28N6O2S. The minimum absolute atomic E-state index is 0.0176. The first-order valence-electron chi connectivity index (χ1n) is 11.4. The normalized spacial score (nSPS) is 26.3. The Kier molecular flexibility index (Phi) is 4.83. The summed E-state index contributed by atoms with van der Waals surface area (Å²) in [6.07, 6.45) is 6.61. The van der Waals surface area contributed by atoms with Gasteiger partial charge in [-0.3, -0.25) is 0 Å². The summed E-state index contributed by atoms with van der Waals surface area (Å²) >= 11 is 1.68. The van der Waals surface area contributed by atoms with Gasteiger partial charge in [-0.2, -0.15) is 0 Å². The van der Waals surface area contributed by atoms with Gasteiger partial charge in [-0.15, -0.1) is 0 Å². The minimum Gasteiger partial charge on any atom is -0.383 e. The van der Waals surface area contributed by atoms with Crippen molar-refractivity contribution in [3.8, 4) is 0 Å². The lowest BCUT2D eigenvalue weighted by Gasteiger charge is -2.24. The van der Waals surface area contributed by atoms with Crippen molar-refractivity contribution in [2.45, 2.75) is 57.1 Å². The molecule has 1 aromatic carbocycles. The van der Waals surface area contributed by atoms with E-state index in [1.165, 1.54) is 16.6 Å². The fraction of sp³-hybridized carbons (Fsp3) is 0.458. The van der Waals surface area contributed by atoms with E-state index in [1.807, 2.05) is 27.0 Å². The number of benzene rings is 1. The van der Waals surface area contributed by atoms with Crippen molar-refractivity contribution in [2.24, 2.45) is 5.92 Å². The van der Waals surface area contributed by atoms with Gasteiger partial charge in [-0.05, 0) is 62.8 Å². The van der Waals surface area contributed by atoms with Crippen LogP contribution in [0, 0.1) is 5.92 Å². The average molecular weight is 465 g/mol. The van der Waals surface area contributed by atoms with Gasteiger partial charge in [0.15, 0.2) is 10.9 Å². The number of aryl methyl sites for hydroxylation is 1. The van der Waals surface area contributed by atoms with Crippen LogP contribution in [0.4, 0.5) is 10.9 Å². The number of hydrogen-bond donors (Lipinski definition) is 2. The summed E-state index contributed by atoms with van der Waals surface area (Å²) < 4.78 is 16.2. The van der Waals surface area contributed by atoms with Crippen LogP contribution in [0.2, 0.25) is 0 Å². The SMILES string of the molecule is CNc1nc2cc(CC[C@H]3C[C@@H](n4ccc5c(N)ncnc54)[C@@H]4OC(C)(C)O[C@H]34)ccc2s1. The first kappa shape index (κ1) is 20.8. The van der Waals surface area contributed by atoms with Crippen LogP contribution in [0.15, 0.2) is 36.8 Å². The monoisotopic (exact) mass is 464 g/mol. The number of thiazole rings is 1. The zero-order valence-corrected chi connectivity index (χ0v) is 19.8. The van der Waals surface area contributed by atoms with Crippen molar-refractivity contribution in [3.63, 3.8) is 0 Å². The number of aromatic nitrogens is 4. The van der Waals surface area contributed by atoms with Crippen LogP contribution >= 0.6 is 11.3 Å². The maximum absolute atomic E-state index is 6.41. The van der Waals surface area contributed by atoms with Gasteiger partial charge in [0, 0.05) is 13.2 Å².